The Kier molecular flexibility index (Phi) is 12.0. The fraction of sp³-hybridized carbons (Fsp3) is 0.476. The number of benzene rings is 1. The lowest BCUT2D eigenvalue weighted by Gasteiger charge is -2.24. The van der Waals surface area contributed by atoms with Crippen LogP contribution in [0.1, 0.15) is 25.3 Å². The van der Waals surface area contributed by atoms with Crippen LogP contribution in [0.3, 0.4) is 0 Å². The summed E-state index contributed by atoms with van der Waals surface area (Å²) in [5.74, 6) is -5.55. The monoisotopic (exact) mass is 514 g/mol. The summed E-state index contributed by atoms with van der Waals surface area (Å²) >= 11 is 3.98. The van der Waals surface area contributed by atoms with Crippen LogP contribution in [0.5, 0.6) is 5.75 Å². The molecular formula is C21H30N4O9S. The highest BCUT2D eigenvalue weighted by Crippen LogP contribution is 2.12. The van der Waals surface area contributed by atoms with Crippen molar-refractivity contribution in [1.29, 1.82) is 0 Å². The highest BCUT2D eigenvalue weighted by molar-refractivity contribution is 7.80. The standard InChI is InChI=1S/C21H30N4O9S/c1-10(26)17(22)20(32)25-15(9-35)19(31)23-13(6-7-16(28)29)18(30)24-14(21(33)34)8-11-2-4-12(27)5-3-11/h2-5,10,13-15,17,26-27,35H,6-9,22H2,1H3,(H,23,31)(H,24,30)(H,25,32)(H,28,29)(H,33,34). The van der Waals surface area contributed by atoms with Crippen LogP contribution >= 0.6 is 12.6 Å². The summed E-state index contributed by atoms with van der Waals surface area (Å²) in [5.41, 5.74) is 6.03. The first-order chi connectivity index (χ1) is 16.3. The number of aliphatic hydroxyl groups is 1. The second-order valence-electron chi connectivity index (χ2n) is 7.77. The molecular weight excluding hydrogens is 484 g/mol. The molecule has 1 aromatic rings. The van der Waals surface area contributed by atoms with Gasteiger partial charge >= 0.3 is 11.9 Å². The third-order valence-electron chi connectivity index (χ3n) is 4.91. The third-order valence-corrected chi connectivity index (χ3v) is 5.27. The van der Waals surface area contributed by atoms with E-state index in [9.17, 15) is 39.3 Å². The molecule has 14 heteroatoms. The van der Waals surface area contributed by atoms with E-state index in [4.69, 9.17) is 10.8 Å². The van der Waals surface area contributed by atoms with Gasteiger partial charge in [0.05, 0.1) is 6.10 Å². The number of rotatable bonds is 14. The zero-order valence-electron chi connectivity index (χ0n) is 18.9. The van der Waals surface area contributed by atoms with Crippen molar-refractivity contribution >= 4 is 42.3 Å². The molecule has 9 N–H and O–H groups in total. The Bertz CT molecular complexity index is 911. The molecule has 194 valence electrons. The third kappa shape index (κ3) is 10.2. The number of hydrogen-bond acceptors (Lipinski definition) is 9. The number of nitrogens with one attached hydrogen (secondary N) is 3. The number of aliphatic carboxylic acids is 2. The minimum atomic E-state index is -1.44. The number of phenolic OH excluding ortho intramolecular Hbond substituents is 1. The molecule has 0 aliphatic carbocycles. The lowest BCUT2D eigenvalue weighted by Crippen LogP contribution is -2.58. The first-order valence-corrected chi connectivity index (χ1v) is 11.2. The van der Waals surface area contributed by atoms with Crippen molar-refractivity contribution in [2.75, 3.05) is 5.75 Å². The van der Waals surface area contributed by atoms with Gasteiger partial charge in [0, 0.05) is 18.6 Å². The maximum Gasteiger partial charge on any atom is 0.326 e. The van der Waals surface area contributed by atoms with Gasteiger partial charge in [0.15, 0.2) is 0 Å². The van der Waals surface area contributed by atoms with Crippen molar-refractivity contribution in [2.45, 2.75) is 56.5 Å². The predicted octanol–water partition coefficient (Wildman–Crippen LogP) is -2.02. The van der Waals surface area contributed by atoms with Crippen LogP contribution in [0.25, 0.3) is 0 Å². The average molecular weight is 515 g/mol. The Morgan fingerprint density at radius 1 is 0.914 bits per heavy atom. The number of carbonyl (C=O) groups is 5. The van der Waals surface area contributed by atoms with Crippen LogP contribution in [-0.4, -0.2) is 86.1 Å². The fourth-order valence-electron chi connectivity index (χ4n) is 2.83. The maximum atomic E-state index is 12.8. The van der Waals surface area contributed by atoms with Crippen LogP contribution in [0.2, 0.25) is 0 Å². The molecule has 1 aromatic carbocycles. The number of carboxylic acid groups (broad SMARTS) is 2. The van der Waals surface area contributed by atoms with Crippen molar-refractivity contribution < 1.29 is 44.4 Å². The molecule has 35 heavy (non-hydrogen) atoms. The summed E-state index contributed by atoms with van der Waals surface area (Å²) in [6, 6.07) is 0.182. The number of aromatic hydroxyl groups is 1. The molecule has 0 fully saturated rings. The van der Waals surface area contributed by atoms with E-state index in [1.54, 1.807) is 0 Å². The van der Waals surface area contributed by atoms with E-state index >= 15 is 0 Å². The number of amides is 3. The molecule has 0 aromatic heterocycles. The van der Waals surface area contributed by atoms with Crippen molar-refractivity contribution in [3.63, 3.8) is 0 Å². The number of nitrogens with two attached hydrogens (primary N) is 1. The smallest absolute Gasteiger partial charge is 0.326 e. The van der Waals surface area contributed by atoms with Gasteiger partial charge in [0.2, 0.25) is 17.7 Å². The summed E-state index contributed by atoms with van der Waals surface area (Å²) in [6.07, 6.45) is -2.22. The van der Waals surface area contributed by atoms with E-state index in [0.29, 0.717) is 5.56 Å². The lowest BCUT2D eigenvalue weighted by molar-refractivity contribution is -0.143. The normalized spacial score (nSPS) is 15.1. The van der Waals surface area contributed by atoms with Gasteiger partial charge in [-0.2, -0.15) is 12.6 Å². The van der Waals surface area contributed by atoms with E-state index in [0.717, 1.165) is 0 Å². The van der Waals surface area contributed by atoms with Crippen molar-refractivity contribution in [2.24, 2.45) is 5.73 Å². The quantitative estimate of drug-likeness (QED) is 0.124. The predicted molar refractivity (Wildman–Crippen MR) is 126 cm³/mol. The van der Waals surface area contributed by atoms with Gasteiger partial charge in [-0.15, -0.1) is 0 Å². The summed E-state index contributed by atoms with van der Waals surface area (Å²) in [4.78, 5) is 60.2. The molecule has 13 nitrogen and oxygen atoms in total. The van der Waals surface area contributed by atoms with Gasteiger partial charge < -0.3 is 42.1 Å². The molecule has 0 heterocycles. The van der Waals surface area contributed by atoms with E-state index in [-0.39, 0.29) is 24.3 Å². The number of thiol groups is 1. The highest BCUT2D eigenvalue weighted by atomic mass is 32.1. The number of carbonyl (C=O) groups excluding carboxylic acids is 3. The molecule has 0 radical (unpaired) electrons. The first-order valence-electron chi connectivity index (χ1n) is 10.5. The average Bonchev–Trinajstić information content (AvgIpc) is 2.79. The van der Waals surface area contributed by atoms with Crippen molar-refractivity contribution in [1.82, 2.24) is 16.0 Å². The molecule has 3 amide bonds. The molecule has 1 rings (SSSR count). The highest BCUT2D eigenvalue weighted by Gasteiger charge is 2.31. The minimum Gasteiger partial charge on any atom is -0.508 e. The van der Waals surface area contributed by atoms with Crippen LogP contribution in [0.4, 0.5) is 0 Å². The fourth-order valence-corrected chi connectivity index (χ4v) is 3.09. The molecule has 0 saturated carbocycles. The summed E-state index contributed by atoms with van der Waals surface area (Å²) in [6.45, 7) is 1.28. The zero-order chi connectivity index (χ0) is 26.7. The van der Waals surface area contributed by atoms with E-state index in [2.05, 4.69) is 28.6 Å². The van der Waals surface area contributed by atoms with Gasteiger partial charge in [-0.25, -0.2) is 4.79 Å². The summed E-state index contributed by atoms with van der Waals surface area (Å²) in [5, 5.41) is 44.1. The molecule has 0 aliphatic heterocycles. The lowest BCUT2D eigenvalue weighted by atomic mass is 10.0. The Hall–Kier alpha value is -3.36. The molecule has 0 aliphatic rings. The topological polar surface area (TPSA) is 228 Å². The van der Waals surface area contributed by atoms with Crippen LogP contribution in [0.15, 0.2) is 24.3 Å². The number of carboxylic acids is 2. The van der Waals surface area contributed by atoms with Crippen LogP contribution in [0, 0.1) is 0 Å². The van der Waals surface area contributed by atoms with E-state index < -0.39 is 66.4 Å². The van der Waals surface area contributed by atoms with Gasteiger partial charge in [0.25, 0.3) is 0 Å². The SMILES string of the molecule is CC(O)C(N)C(=O)NC(CS)C(=O)NC(CCC(=O)O)C(=O)NC(Cc1ccc(O)cc1)C(=O)O. The molecule has 5 unspecified atom stereocenters. The van der Waals surface area contributed by atoms with Gasteiger partial charge in [-0.1, -0.05) is 12.1 Å². The number of hydrogen-bond donors (Lipinski definition) is 9. The zero-order valence-corrected chi connectivity index (χ0v) is 19.8. The Balaban J connectivity index is 2.96. The minimum absolute atomic E-state index is 0.0265. The van der Waals surface area contributed by atoms with Gasteiger partial charge in [-0.05, 0) is 31.0 Å². The van der Waals surface area contributed by atoms with E-state index in [1.165, 1.54) is 31.2 Å². The second kappa shape index (κ2) is 14.1. The Morgan fingerprint density at radius 3 is 1.91 bits per heavy atom. The summed E-state index contributed by atoms with van der Waals surface area (Å²) < 4.78 is 0. The second-order valence-corrected chi connectivity index (χ2v) is 8.14. The summed E-state index contributed by atoms with van der Waals surface area (Å²) in [7, 11) is 0. The maximum absolute atomic E-state index is 12.8. The van der Waals surface area contributed by atoms with E-state index in [1.807, 2.05) is 0 Å². The number of phenols is 1. The van der Waals surface area contributed by atoms with Crippen molar-refractivity contribution in [3.8, 4) is 5.75 Å². The Morgan fingerprint density at radius 2 is 1.43 bits per heavy atom. The number of aliphatic hydroxyl groups excluding tert-OH is 1. The van der Waals surface area contributed by atoms with Crippen molar-refractivity contribution in [3.05, 3.63) is 29.8 Å². The Labute approximate surface area is 206 Å². The first kappa shape index (κ1) is 29.7. The van der Waals surface area contributed by atoms with Gasteiger partial charge in [0.1, 0.15) is 29.9 Å². The largest absolute Gasteiger partial charge is 0.508 e. The van der Waals surface area contributed by atoms with Gasteiger partial charge in [-0.3, -0.25) is 19.2 Å². The van der Waals surface area contributed by atoms with Crippen LogP contribution < -0.4 is 21.7 Å². The molecule has 5 atom stereocenters. The van der Waals surface area contributed by atoms with Crippen LogP contribution in [-0.2, 0) is 30.4 Å². The molecule has 0 spiro atoms. The molecule has 0 saturated heterocycles. The molecule has 0 bridgehead atoms.